The third kappa shape index (κ3) is 3.14. The largest absolute Gasteiger partial charge is 0.496 e. The van der Waals surface area contributed by atoms with Gasteiger partial charge in [-0.3, -0.25) is 9.36 Å². The summed E-state index contributed by atoms with van der Waals surface area (Å²) in [4.78, 5) is 18.4. The molecule has 0 spiro atoms. The van der Waals surface area contributed by atoms with Crippen molar-refractivity contribution in [3.63, 3.8) is 0 Å². The van der Waals surface area contributed by atoms with Crippen molar-refractivity contribution in [1.82, 2.24) is 9.55 Å². The van der Waals surface area contributed by atoms with E-state index in [1.54, 1.807) is 7.11 Å². The zero-order chi connectivity index (χ0) is 19.0. The van der Waals surface area contributed by atoms with Gasteiger partial charge >= 0.3 is 0 Å². The Bertz CT molecular complexity index is 1050. The summed E-state index contributed by atoms with van der Waals surface area (Å²) in [5.41, 5.74) is 3.98. The molecule has 4 rings (SSSR count). The molecule has 0 unspecified atom stereocenters. The van der Waals surface area contributed by atoms with Gasteiger partial charge < -0.3 is 4.74 Å². The molecule has 140 valence electrons. The highest BCUT2D eigenvalue weighted by atomic mass is 16.5. The van der Waals surface area contributed by atoms with Gasteiger partial charge in [-0.15, -0.1) is 0 Å². The molecule has 1 aromatic heterocycles. The molecule has 0 atom stereocenters. The van der Waals surface area contributed by atoms with E-state index in [2.05, 4.69) is 13.0 Å². The third-order valence-electron chi connectivity index (χ3n) is 5.73. The van der Waals surface area contributed by atoms with Crippen LogP contribution in [-0.2, 0) is 0 Å². The smallest absolute Gasteiger partial charge is 0.261 e. The molecule has 3 aromatic rings. The van der Waals surface area contributed by atoms with Crippen LogP contribution in [0.1, 0.15) is 49.3 Å². The average Bonchev–Trinajstić information content (AvgIpc) is 2.70. The van der Waals surface area contributed by atoms with E-state index >= 15 is 0 Å². The SMILES string of the molecule is COc1cc(C)c(-c2nc3ccccc3c(=O)n2C2CCCCC2)cc1C. The van der Waals surface area contributed by atoms with Gasteiger partial charge in [0.1, 0.15) is 11.6 Å². The van der Waals surface area contributed by atoms with Crippen LogP contribution in [0.5, 0.6) is 5.75 Å². The Morgan fingerprint density at radius 3 is 2.52 bits per heavy atom. The predicted molar refractivity (Wildman–Crippen MR) is 110 cm³/mol. The number of benzene rings is 2. The number of nitrogens with zero attached hydrogens (tertiary/aromatic N) is 2. The van der Waals surface area contributed by atoms with E-state index in [0.29, 0.717) is 5.39 Å². The molecule has 1 aliphatic carbocycles. The summed E-state index contributed by atoms with van der Waals surface area (Å²) in [6, 6.07) is 12.0. The standard InChI is InChI=1S/C23H26N2O2/c1-15-14-21(27-3)16(2)13-19(15)22-24-20-12-8-7-11-18(20)23(26)25(22)17-9-5-4-6-10-17/h7-8,11-14,17H,4-6,9-10H2,1-3H3. The number of aryl methyl sites for hydroxylation is 2. The van der Waals surface area contributed by atoms with Gasteiger partial charge in [-0.1, -0.05) is 31.4 Å². The number of hydrogen-bond donors (Lipinski definition) is 0. The number of aromatic nitrogens is 2. The van der Waals surface area contributed by atoms with E-state index in [0.717, 1.165) is 46.6 Å². The Morgan fingerprint density at radius 1 is 1.04 bits per heavy atom. The van der Waals surface area contributed by atoms with E-state index < -0.39 is 0 Å². The van der Waals surface area contributed by atoms with Gasteiger partial charge in [0, 0.05) is 11.6 Å². The molecular weight excluding hydrogens is 336 g/mol. The fourth-order valence-corrected chi connectivity index (χ4v) is 4.26. The molecule has 4 heteroatoms. The average molecular weight is 362 g/mol. The summed E-state index contributed by atoms with van der Waals surface area (Å²) in [6.45, 7) is 4.09. The highest BCUT2D eigenvalue weighted by molar-refractivity contribution is 5.80. The molecule has 2 aromatic carbocycles. The van der Waals surface area contributed by atoms with E-state index in [-0.39, 0.29) is 11.6 Å². The summed E-state index contributed by atoms with van der Waals surface area (Å²) in [6.07, 6.45) is 5.68. The van der Waals surface area contributed by atoms with Crippen LogP contribution in [0.3, 0.4) is 0 Å². The zero-order valence-electron chi connectivity index (χ0n) is 16.3. The molecule has 4 nitrogen and oxygen atoms in total. The molecule has 1 aliphatic rings. The number of rotatable bonds is 3. The van der Waals surface area contributed by atoms with Crippen LogP contribution in [0.25, 0.3) is 22.3 Å². The third-order valence-corrected chi connectivity index (χ3v) is 5.73. The number of fused-ring (bicyclic) bond motifs is 1. The van der Waals surface area contributed by atoms with E-state index in [1.807, 2.05) is 41.8 Å². The van der Waals surface area contributed by atoms with Gasteiger partial charge in [0.15, 0.2) is 0 Å². The second-order valence-corrected chi connectivity index (χ2v) is 7.56. The Labute approximate surface area is 159 Å². The molecule has 0 bridgehead atoms. The molecule has 1 heterocycles. The quantitative estimate of drug-likeness (QED) is 0.644. The van der Waals surface area contributed by atoms with Crippen LogP contribution in [0.2, 0.25) is 0 Å². The second kappa shape index (κ2) is 7.18. The van der Waals surface area contributed by atoms with Gasteiger partial charge in [0.25, 0.3) is 5.56 Å². The molecule has 1 fully saturated rings. The Morgan fingerprint density at radius 2 is 1.78 bits per heavy atom. The first-order chi connectivity index (χ1) is 13.1. The van der Waals surface area contributed by atoms with Crippen molar-refractivity contribution in [2.75, 3.05) is 7.11 Å². The number of ether oxygens (including phenoxy) is 1. The van der Waals surface area contributed by atoms with E-state index in [1.165, 1.54) is 19.3 Å². The van der Waals surface area contributed by atoms with Crippen molar-refractivity contribution in [2.24, 2.45) is 0 Å². The van der Waals surface area contributed by atoms with Crippen molar-refractivity contribution in [1.29, 1.82) is 0 Å². The van der Waals surface area contributed by atoms with Crippen molar-refractivity contribution in [2.45, 2.75) is 52.0 Å². The monoisotopic (exact) mass is 362 g/mol. The topological polar surface area (TPSA) is 44.1 Å². The van der Waals surface area contributed by atoms with Crippen molar-refractivity contribution >= 4 is 10.9 Å². The Kier molecular flexibility index (Phi) is 4.73. The van der Waals surface area contributed by atoms with Gasteiger partial charge in [0.05, 0.1) is 18.0 Å². The molecule has 0 aliphatic heterocycles. The highest BCUT2D eigenvalue weighted by Crippen LogP contribution is 2.34. The maximum absolute atomic E-state index is 13.4. The first-order valence-corrected chi connectivity index (χ1v) is 9.77. The second-order valence-electron chi connectivity index (χ2n) is 7.56. The molecule has 1 saturated carbocycles. The fourth-order valence-electron chi connectivity index (χ4n) is 4.26. The minimum atomic E-state index is 0.0790. The normalized spacial score (nSPS) is 15.2. The molecule has 27 heavy (non-hydrogen) atoms. The number of hydrogen-bond acceptors (Lipinski definition) is 3. The summed E-state index contributed by atoms with van der Waals surface area (Å²) < 4.78 is 7.44. The van der Waals surface area contributed by atoms with Crippen LogP contribution >= 0.6 is 0 Å². The number of methoxy groups -OCH3 is 1. The lowest BCUT2D eigenvalue weighted by atomic mass is 9.94. The maximum atomic E-state index is 13.4. The molecule has 0 radical (unpaired) electrons. The lowest BCUT2D eigenvalue weighted by molar-refractivity contribution is 0.348. The maximum Gasteiger partial charge on any atom is 0.261 e. The summed E-state index contributed by atoms with van der Waals surface area (Å²) in [7, 11) is 1.69. The summed E-state index contributed by atoms with van der Waals surface area (Å²) in [5.74, 6) is 1.65. The molecule has 0 saturated heterocycles. The minimum Gasteiger partial charge on any atom is -0.496 e. The van der Waals surface area contributed by atoms with Crippen LogP contribution in [0.15, 0.2) is 41.2 Å². The van der Waals surface area contributed by atoms with Crippen LogP contribution in [0.4, 0.5) is 0 Å². The lowest BCUT2D eigenvalue weighted by Gasteiger charge is -2.27. The molecular formula is C23H26N2O2. The van der Waals surface area contributed by atoms with Crippen LogP contribution in [-0.4, -0.2) is 16.7 Å². The molecule has 0 N–H and O–H groups in total. The fraction of sp³-hybridized carbons (Fsp3) is 0.391. The van der Waals surface area contributed by atoms with Crippen molar-refractivity contribution < 1.29 is 4.74 Å². The van der Waals surface area contributed by atoms with Crippen LogP contribution in [0, 0.1) is 13.8 Å². The van der Waals surface area contributed by atoms with Crippen molar-refractivity contribution in [3.05, 3.63) is 57.9 Å². The van der Waals surface area contributed by atoms with E-state index in [4.69, 9.17) is 9.72 Å². The number of para-hydroxylation sites is 1. The highest BCUT2D eigenvalue weighted by Gasteiger charge is 2.23. The van der Waals surface area contributed by atoms with Gasteiger partial charge in [-0.2, -0.15) is 0 Å². The first-order valence-electron chi connectivity index (χ1n) is 9.77. The van der Waals surface area contributed by atoms with Crippen LogP contribution < -0.4 is 10.3 Å². The summed E-state index contributed by atoms with van der Waals surface area (Å²) in [5, 5.41) is 0.703. The summed E-state index contributed by atoms with van der Waals surface area (Å²) >= 11 is 0. The van der Waals surface area contributed by atoms with Gasteiger partial charge in [-0.05, 0) is 62.1 Å². The van der Waals surface area contributed by atoms with Gasteiger partial charge in [-0.25, -0.2) is 4.98 Å². The molecule has 0 amide bonds. The first kappa shape index (κ1) is 17.8. The predicted octanol–water partition coefficient (Wildman–Crippen LogP) is 5.19. The lowest BCUT2D eigenvalue weighted by Crippen LogP contribution is -2.29. The Balaban J connectivity index is 2.01. The zero-order valence-corrected chi connectivity index (χ0v) is 16.3. The Hall–Kier alpha value is -2.62. The van der Waals surface area contributed by atoms with Crippen molar-refractivity contribution in [3.8, 4) is 17.1 Å². The van der Waals surface area contributed by atoms with Gasteiger partial charge in [0.2, 0.25) is 0 Å². The van der Waals surface area contributed by atoms with E-state index in [9.17, 15) is 4.79 Å². The minimum absolute atomic E-state index is 0.0790.